The molecule has 1 aliphatic carbocycles. The summed E-state index contributed by atoms with van der Waals surface area (Å²) in [6, 6.07) is 0.830. The van der Waals surface area contributed by atoms with Crippen molar-refractivity contribution in [1.29, 1.82) is 0 Å². The molecule has 0 aromatic heterocycles. The summed E-state index contributed by atoms with van der Waals surface area (Å²) < 4.78 is 0. The van der Waals surface area contributed by atoms with Crippen molar-refractivity contribution in [2.24, 2.45) is 10.8 Å². The molecule has 1 aliphatic heterocycles. The predicted octanol–water partition coefficient (Wildman–Crippen LogP) is 1.60. The first kappa shape index (κ1) is 15.6. The lowest BCUT2D eigenvalue weighted by atomic mass is 9.96. The normalized spacial score (nSPS) is 24.4. The van der Waals surface area contributed by atoms with Gasteiger partial charge in [0.2, 0.25) is 5.96 Å². The number of aliphatic imine (C=N–C) groups is 1. The third-order valence-corrected chi connectivity index (χ3v) is 4.39. The molecule has 0 amide bonds. The van der Waals surface area contributed by atoms with Gasteiger partial charge in [-0.15, -0.1) is 0 Å². The molecule has 0 aromatic carbocycles. The molecule has 0 spiro atoms. The summed E-state index contributed by atoms with van der Waals surface area (Å²) >= 11 is 0. The van der Waals surface area contributed by atoms with Crippen molar-refractivity contribution in [3.63, 3.8) is 0 Å². The molecule has 1 unspecified atom stereocenters. The highest BCUT2D eigenvalue weighted by molar-refractivity contribution is 5.79. The maximum atomic E-state index is 5.61. The Morgan fingerprint density at radius 2 is 1.80 bits per heavy atom. The average Bonchev–Trinajstić information content (AvgIpc) is 2.48. The molecule has 1 saturated heterocycles. The lowest BCUT2D eigenvalue weighted by Gasteiger charge is -2.30. The summed E-state index contributed by atoms with van der Waals surface area (Å²) in [4.78, 5) is 7.28. The number of likely N-dealkylation sites (tertiary alicyclic amines) is 1. The van der Waals surface area contributed by atoms with Crippen LogP contribution in [0.15, 0.2) is 4.99 Å². The molecular formula is C15H31N5. The van der Waals surface area contributed by atoms with Crippen LogP contribution in [0.3, 0.4) is 0 Å². The zero-order valence-electron chi connectivity index (χ0n) is 12.9. The second kappa shape index (κ2) is 8.47. The van der Waals surface area contributed by atoms with E-state index in [0.717, 1.165) is 12.5 Å². The third kappa shape index (κ3) is 5.29. The van der Waals surface area contributed by atoms with Gasteiger partial charge in [0.05, 0.1) is 6.04 Å². The van der Waals surface area contributed by atoms with E-state index in [9.17, 15) is 0 Å². The molecule has 1 atom stereocenters. The third-order valence-electron chi connectivity index (χ3n) is 4.39. The highest BCUT2D eigenvalue weighted by Gasteiger charge is 2.16. The molecule has 0 aromatic rings. The van der Waals surface area contributed by atoms with Gasteiger partial charge in [-0.1, -0.05) is 25.7 Å². The Morgan fingerprint density at radius 3 is 2.45 bits per heavy atom. The smallest absolute Gasteiger partial charge is 0.206 e. The van der Waals surface area contributed by atoms with E-state index in [1.54, 1.807) is 0 Å². The standard InChI is InChI=1S/C15H31N5/c1-13(12-20-10-6-3-7-11-20)17-15(19-16)18-14-8-4-2-5-9-14/h13-14H,2-12,16H2,1H3,(H2,17,18,19). The van der Waals surface area contributed by atoms with Crippen LogP contribution in [0.1, 0.15) is 58.3 Å². The summed E-state index contributed by atoms with van der Waals surface area (Å²) in [5, 5.41) is 3.43. The number of nitrogens with one attached hydrogen (secondary N) is 2. The topological polar surface area (TPSA) is 65.7 Å². The number of hydrogen-bond acceptors (Lipinski definition) is 3. The van der Waals surface area contributed by atoms with Gasteiger partial charge in [-0.05, 0) is 45.7 Å². The number of hydrazine groups is 1. The van der Waals surface area contributed by atoms with Crippen LogP contribution >= 0.6 is 0 Å². The highest BCUT2D eigenvalue weighted by atomic mass is 15.3. The van der Waals surface area contributed by atoms with Crippen LogP contribution in [-0.2, 0) is 0 Å². The monoisotopic (exact) mass is 281 g/mol. The van der Waals surface area contributed by atoms with E-state index < -0.39 is 0 Å². The maximum Gasteiger partial charge on any atom is 0.206 e. The molecule has 116 valence electrons. The number of nitrogens with two attached hydrogens (primary N) is 1. The van der Waals surface area contributed by atoms with Crippen molar-refractivity contribution in [2.45, 2.75) is 70.4 Å². The molecule has 0 radical (unpaired) electrons. The van der Waals surface area contributed by atoms with E-state index in [-0.39, 0.29) is 0 Å². The molecule has 0 bridgehead atoms. The van der Waals surface area contributed by atoms with Crippen LogP contribution in [0.5, 0.6) is 0 Å². The minimum atomic E-state index is 0.381. The first-order valence-corrected chi connectivity index (χ1v) is 8.31. The number of hydrogen-bond donors (Lipinski definition) is 3. The predicted molar refractivity (Wildman–Crippen MR) is 84.5 cm³/mol. The lowest BCUT2D eigenvalue weighted by molar-refractivity contribution is 0.214. The number of nitrogens with zero attached hydrogens (tertiary/aromatic N) is 2. The molecule has 5 heteroatoms. The van der Waals surface area contributed by atoms with E-state index in [0.29, 0.717) is 12.1 Å². The summed E-state index contributed by atoms with van der Waals surface area (Å²) in [5.41, 5.74) is 2.74. The summed E-state index contributed by atoms with van der Waals surface area (Å²) in [6.07, 6.45) is 10.4. The SMILES string of the molecule is CC(CN1CCCCC1)NC(=NC1CCCCC1)NN. The molecule has 2 aliphatic rings. The van der Waals surface area contributed by atoms with Gasteiger partial charge in [-0.25, -0.2) is 10.8 Å². The van der Waals surface area contributed by atoms with Gasteiger partial charge in [0.25, 0.3) is 0 Å². The second-order valence-corrected chi connectivity index (χ2v) is 6.32. The van der Waals surface area contributed by atoms with Crippen LogP contribution in [0.2, 0.25) is 0 Å². The Balaban J connectivity index is 1.77. The summed E-state index contributed by atoms with van der Waals surface area (Å²) in [5.74, 6) is 6.38. The quantitative estimate of drug-likeness (QED) is 0.317. The highest BCUT2D eigenvalue weighted by Crippen LogP contribution is 2.20. The van der Waals surface area contributed by atoms with E-state index in [2.05, 4.69) is 22.6 Å². The first-order chi connectivity index (χ1) is 9.78. The van der Waals surface area contributed by atoms with Crippen molar-refractivity contribution in [3.05, 3.63) is 0 Å². The average molecular weight is 281 g/mol. The Hall–Kier alpha value is -0.810. The van der Waals surface area contributed by atoms with E-state index in [1.807, 2.05) is 0 Å². The minimum absolute atomic E-state index is 0.381. The zero-order valence-corrected chi connectivity index (χ0v) is 12.9. The van der Waals surface area contributed by atoms with Gasteiger partial charge in [0.15, 0.2) is 0 Å². The van der Waals surface area contributed by atoms with Crippen molar-refractivity contribution >= 4 is 5.96 Å². The molecule has 2 rings (SSSR count). The van der Waals surface area contributed by atoms with Gasteiger partial charge >= 0.3 is 0 Å². The van der Waals surface area contributed by atoms with E-state index in [4.69, 9.17) is 10.8 Å². The molecule has 4 N–H and O–H groups in total. The Kier molecular flexibility index (Phi) is 6.60. The fourth-order valence-electron chi connectivity index (χ4n) is 3.32. The van der Waals surface area contributed by atoms with Crippen molar-refractivity contribution < 1.29 is 0 Å². The van der Waals surface area contributed by atoms with Crippen LogP contribution in [0, 0.1) is 0 Å². The van der Waals surface area contributed by atoms with Crippen LogP contribution < -0.4 is 16.6 Å². The van der Waals surface area contributed by atoms with Gasteiger partial charge in [0, 0.05) is 12.6 Å². The van der Waals surface area contributed by atoms with Crippen LogP contribution in [0.25, 0.3) is 0 Å². The number of rotatable bonds is 4. The van der Waals surface area contributed by atoms with Gasteiger partial charge in [-0.3, -0.25) is 5.43 Å². The molecule has 20 heavy (non-hydrogen) atoms. The molecule has 1 saturated carbocycles. The summed E-state index contributed by atoms with van der Waals surface area (Å²) in [7, 11) is 0. The van der Waals surface area contributed by atoms with Gasteiger partial charge in [0.1, 0.15) is 0 Å². The molecule has 1 heterocycles. The van der Waals surface area contributed by atoms with Crippen molar-refractivity contribution in [1.82, 2.24) is 15.6 Å². The van der Waals surface area contributed by atoms with Crippen LogP contribution in [0.4, 0.5) is 0 Å². The zero-order chi connectivity index (χ0) is 14.2. The van der Waals surface area contributed by atoms with Crippen LogP contribution in [-0.4, -0.2) is 42.6 Å². The van der Waals surface area contributed by atoms with Gasteiger partial charge in [-0.2, -0.15) is 0 Å². The fourth-order valence-corrected chi connectivity index (χ4v) is 3.32. The molecule has 2 fully saturated rings. The van der Waals surface area contributed by atoms with Crippen molar-refractivity contribution in [2.75, 3.05) is 19.6 Å². The Labute approximate surface area is 123 Å². The summed E-state index contributed by atoms with van der Waals surface area (Å²) in [6.45, 7) is 5.75. The van der Waals surface area contributed by atoms with E-state index >= 15 is 0 Å². The van der Waals surface area contributed by atoms with Gasteiger partial charge < -0.3 is 10.2 Å². The number of piperidine rings is 1. The lowest BCUT2D eigenvalue weighted by Crippen LogP contribution is -2.50. The second-order valence-electron chi connectivity index (χ2n) is 6.32. The molecular weight excluding hydrogens is 250 g/mol. The minimum Gasteiger partial charge on any atom is -0.352 e. The fraction of sp³-hybridized carbons (Fsp3) is 0.933. The van der Waals surface area contributed by atoms with Crippen molar-refractivity contribution in [3.8, 4) is 0 Å². The Morgan fingerprint density at radius 1 is 1.15 bits per heavy atom. The maximum absolute atomic E-state index is 5.61. The Bertz CT molecular complexity index is 293. The number of guanidine groups is 1. The van der Waals surface area contributed by atoms with E-state index in [1.165, 1.54) is 64.5 Å². The molecule has 5 nitrogen and oxygen atoms in total. The first-order valence-electron chi connectivity index (χ1n) is 8.31. The largest absolute Gasteiger partial charge is 0.352 e.